The van der Waals surface area contributed by atoms with Gasteiger partial charge in [0, 0.05) is 5.69 Å². The van der Waals surface area contributed by atoms with E-state index in [-0.39, 0.29) is 5.84 Å². The van der Waals surface area contributed by atoms with Crippen LogP contribution in [0, 0.1) is 33.5 Å². The van der Waals surface area contributed by atoms with Gasteiger partial charge in [0.05, 0.1) is 12.1 Å². The lowest BCUT2D eigenvalue weighted by Gasteiger charge is -2.14. The van der Waals surface area contributed by atoms with Crippen LogP contribution in [0.15, 0.2) is 29.3 Å². The Morgan fingerprint density at radius 1 is 1.14 bits per heavy atom. The SMILES string of the molecule is N#C[C@]12C(N)=NC(=O)[C@@]1(C#N)[C@]21C(=O)Nc2ccccc21. The van der Waals surface area contributed by atoms with Crippen LogP contribution in [-0.2, 0) is 15.0 Å². The minimum Gasteiger partial charge on any atom is -0.386 e. The molecule has 3 atom stereocenters. The molecule has 0 saturated heterocycles. The van der Waals surface area contributed by atoms with Gasteiger partial charge in [-0.25, -0.2) is 0 Å². The number of benzene rings is 1. The highest BCUT2D eigenvalue weighted by molar-refractivity contribution is 6.30. The fourth-order valence-corrected chi connectivity index (χ4v) is 3.99. The zero-order chi connectivity index (χ0) is 15.0. The Labute approximate surface area is 118 Å². The first-order chi connectivity index (χ1) is 10.0. The second-order valence-corrected chi connectivity index (χ2v) is 5.28. The normalized spacial score (nSPS) is 38.1. The topological polar surface area (TPSA) is 132 Å². The third kappa shape index (κ3) is 0.735. The molecular formula is C14H7N5O2. The largest absolute Gasteiger partial charge is 0.386 e. The number of hydrogen-bond donors (Lipinski definition) is 2. The number of nitrogens with one attached hydrogen (secondary N) is 1. The van der Waals surface area contributed by atoms with Gasteiger partial charge in [-0.1, -0.05) is 18.2 Å². The average Bonchev–Trinajstić information content (AvgIpc) is 2.82. The first-order valence-corrected chi connectivity index (χ1v) is 6.17. The van der Waals surface area contributed by atoms with Gasteiger partial charge in [0.1, 0.15) is 11.3 Å². The highest BCUT2D eigenvalue weighted by Crippen LogP contribution is 2.82. The smallest absolute Gasteiger partial charge is 0.271 e. The molecule has 1 aliphatic carbocycles. The number of aliphatic imine (C=N–C) groups is 1. The molecule has 1 fully saturated rings. The zero-order valence-electron chi connectivity index (χ0n) is 10.5. The molecule has 0 unspecified atom stereocenters. The van der Waals surface area contributed by atoms with Crippen LogP contribution < -0.4 is 11.1 Å². The number of para-hydroxylation sites is 1. The number of rotatable bonds is 0. The van der Waals surface area contributed by atoms with Crippen LogP contribution >= 0.6 is 0 Å². The number of amides is 2. The van der Waals surface area contributed by atoms with E-state index in [1.165, 1.54) is 0 Å². The molecule has 1 aromatic carbocycles. The van der Waals surface area contributed by atoms with Crippen LogP contribution in [-0.4, -0.2) is 17.6 Å². The maximum Gasteiger partial charge on any atom is 0.271 e. The molecule has 21 heavy (non-hydrogen) atoms. The van der Waals surface area contributed by atoms with E-state index in [0.717, 1.165) is 0 Å². The van der Waals surface area contributed by atoms with Crippen molar-refractivity contribution in [3.63, 3.8) is 0 Å². The van der Waals surface area contributed by atoms with Gasteiger partial charge in [0.25, 0.3) is 5.91 Å². The molecule has 3 aliphatic rings. The van der Waals surface area contributed by atoms with Crippen molar-refractivity contribution < 1.29 is 9.59 Å². The van der Waals surface area contributed by atoms with Crippen molar-refractivity contribution in [2.24, 2.45) is 21.6 Å². The third-order valence-corrected chi connectivity index (χ3v) is 4.81. The summed E-state index contributed by atoms with van der Waals surface area (Å²) in [6, 6.07) is 10.5. The van der Waals surface area contributed by atoms with Gasteiger partial charge in [0.2, 0.25) is 5.91 Å². The number of fused-ring (bicyclic) bond motifs is 5. The fourth-order valence-electron chi connectivity index (χ4n) is 3.99. The summed E-state index contributed by atoms with van der Waals surface area (Å²) >= 11 is 0. The molecule has 0 bridgehead atoms. The number of hydrogen-bond acceptors (Lipinski definition) is 5. The number of carbonyl (C=O) groups excluding carboxylic acids is 2. The van der Waals surface area contributed by atoms with E-state index in [0.29, 0.717) is 11.3 Å². The summed E-state index contributed by atoms with van der Waals surface area (Å²) in [6.45, 7) is 0. The van der Waals surface area contributed by atoms with Crippen molar-refractivity contribution in [1.29, 1.82) is 10.5 Å². The standard InChI is InChI=1S/C14H7N5O2/c15-5-12-9(17)19-10(20)13(12,6-16)14(12)7-3-1-2-4-8(7)18-11(14)21/h1-4H,(H,18,21)(H2,17,19,20)/t12-,13+,14+/m0/s1. The van der Waals surface area contributed by atoms with E-state index < -0.39 is 28.1 Å². The molecule has 1 saturated carbocycles. The van der Waals surface area contributed by atoms with Crippen LogP contribution in [0.3, 0.4) is 0 Å². The van der Waals surface area contributed by atoms with Gasteiger partial charge < -0.3 is 11.1 Å². The van der Waals surface area contributed by atoms with Crippen molar-refractivity contribution in [2.75, 3.05) is 5.32 Å². The molecular weight excluding hydrogens is 270 g/mol. The summed E-state index contributed by atoms with van der Waals surface area (Å²) in [7, 11) is 0. The quantitative estimate of drug-likeness (QED) is 0.678. The van der Waals surface area contributed by atoms with E-state index in [4.69, 9.17) is 5.73 Å². The first-order valence-electron chi connectivity index (χ1n) is 6.17. The van der Waals surface area contributed by atoms with Gasteiger partial charge >= 0.3 is 0 Å². The zero-order valence-corrected chi connectivity index (χ0v) is 10.5. The van der Waals surface area contributed by atoms with Crippen molar-refractivity contribution in [3.8, 4) is 12.1 Å². The molecule has 7 heteroatoms. The molecule has 0 radical (unpaired) electrons. The molecule has 2 aliphatic heterocycles. The Bertz CT molecular complexity index is 876. The summed E-state index contributed by atoms with van der Waals surface area (Å²) in [4.78, 5) is 28.4. The summed E-state index contributed by atoms with van der Waals surface area (Å²) in [5.41, 5.74) is 1.52. The van der Waals surface area contributed by atoms with E-state index in [2.05, 4.69) is 10.3 Å². The van der Waals surface area contributed by atoms with E-state index in [1.54, 1.807) is 24.3 Å². The van der Waals surface area contributed by atoms with Gasteiger partial charge in [-0.15, -0.1) is 0 Å². The lowest BCUT2D eigenvalue weighted by atomic mass is 9.85. The molecule has 1 spiro atoms. The Balaban J connectivity index is 2.15. The number of nitrogens with two attached hydrogens (primary N) is 1. The lowest BCUT2D eigenvalue weighted by molar-refractivity contribution is -0.125. The molecule has 3 N–H and O–H groups in total. The summed E-state index contributed by atoms with van der Waals surface area (Å²) in [5.74, 6) is -1.64. The molecule has 2 amide bonds. The molecule has 0 aromatic heterocycles. The van der Waals surface area contributed by atoms with Crippen LogP contribution in [0.4, 0.5) is 5.69 Å². The molecule has 100 valence electrons. The third-order valence-electron chi connectivity index (χ3n) is 4.81. The molecule has 1 aromatic rings. The van der Waals surface area contributed by atoms with E-state index in [1.807, 2.05) is 12.1 Å². The monoisotopic (exact) mass is 277 g/mol. The lowest BCUT2D eigenvalue weighted by Crippen LogP contribution is -2.36. The minimum absolute atomic E-state index is 0.261. The highest BCUT2D eigenvalue weighted by Gasteiger charge is 3.01. The van der Waals surface area contributed by atoms with Crippen LogP contribution in [0.2, 0.25) is 0 Å². The molecule has 4 rings (SSSR count). The minimum atomic E-state index is -1.87. The van der Waals surface area contributed by atoms with Gasteiger partial charge in [-0.3, -0.25) is 9.59 Å². The Morgan fingerprint density at radius 3 is 2.43 bits per heavy atom. The number of amidine groups is 1. The summed E-state index contributed by atoms with van der Waals surface area (Å²) in [6.07, 6.45) is 0. The Morgan fingerprint density at radius 2 is 1.81 bits per heavy atom. The van der Waals surface area contributed by atoms with Crippen molar-refractivity contribution in [3.05, 3.63) is 29.8 Å². The van der Waals surface area contributed by atoms with E-state index >= 15 is 0 Å². The number of nitrogens with zero attached hydrogens (tertiary/aromatic N) is 3. The Hall–Kier alpha value is -3.19. The Kier molecular flexibility index (Phi) is 1.63. The average molecular weight is 277 g/mol. The summed E-state index contributed by atoms with van der Waals surface area (Å²) < 4.78 is 0. The van der Waals surface area contributed by atoms with Crippen molar-refractivity contribution in [1.82, 2.24) is 0 Å². The highest BCUT2D eigenvalue weighted by atomic mass is 16.2. The second kappa shape index (κ2) is 2.94. The van der Waals surface area contributed by atoms with Crippen LogP contribution in [0.5, 0.6) is 0 Å². The fraction of sp³-hybridized carbons (Fsp3) is 0.214. The number of nitriles is 2. The second-order valence-electron chi connectivity index (χ2n) is 5.28. The van der Waals surface area contributed by atoms with Gasteiger partial charge in [-0.05, 0) is 11.6 Å². The van der Waals surface area contributed by atoms with Crippen molar-refractivity contribution >= 4 is 23.3 Å². The van der Waals surface area contributed by atoms with Crippen LogP contribution in [0.25, 0.3) is 0 Å². The predicted octanol–water partition coefficient (Wildman–Crippen LogP) is -0.193. The number of carbonyl (C=O) groups is 2. The maximum atomic E-state index is 12.6. The van der Waals surface area contributed by atoms with Crippen molar-refractivity contribution in [2.45, 2.75) is 5.41 Å². The summed E-state index contributed by atoms with van der Waals surface area (Å²) in [5, 5.41) is 21.9. The maximum absolute atomic E-state index is 12.6. The molecule has 2 heterocycles. The van der Waals surface area contributed by atoms with E-state index in [9.17, 15) is 20.1 Å². The van der Waals surface area contributed by atoms with Gasteiger partial charge in [0.15, 0.2) is 10.8 Å². The predicted molar refractivity (Wildman–Crippen MR) is 69.5 cm³/mol. The van der Waals surface area contributed by atoms with Gasteiger partial charge in [-0.2, -0.15) is 15.5 Å². The number of anilines is 1. The first kappa shape index (κ1) is 11.6. The van der Waals surface area contributed by atoms with Crippen LogP contribution in [0.1, 0.15) is 5.56 Å². The molecule has 7 nitrogen and oxygen atoms in total.